The molecule has 0 saturated heterocycles. The van der Waals surface area contributed by atoms with Crippen LogP contribution in [0.1, 0.15) is 25.8 Å². The second kappa shape index (κ2) is 9.94. The number of nitrogens with one attached hydrogen (secondary N) is 1. The minimum Gasteiger partial charge on any atom is -0.325 e. The van der Waals surface area contributed by atoms with Crippen LogP contribution < -0.4 is 5.32 Å². The zero-order chi connectivity index (χ0) is 21.8. The fourth-order valence-electron chi connectivity index (χ4n) is 3.28. The van der Waals surface area contributed by atoms with Crippen molar-refractivity contribution in [2.24, 2.45) is 0 Å². The molecular weight excluding hydrogens is 490 g/mol. The number of rotatable bonds is 7. The van der Waals surface area contributed by atoms with Crippen LogP contribution in [0.25, 0.3) is 21.3 Å². The lowest BCUT2D eigenvalue weighted by Gasteiger charge is -2.15. The molecule has 1 unspecified atom stereocenters. The zero-order valence-corrected chi connectivity index (χ0v) is 20.5. The number of hydrogen-bond donors (Lipinski definition) is 1. The Kier molecular flexibility index (Phi) is 7.05. The number of hydrogen-bond acceptors (Lipinski definition) is 5. The monoisotopic (exact) mass is 511 g/mol. The van der Waals surface area contributed by atoms with Gasteiger partial charge in [0.15, 0.2) is 0 Å². The SMILES string of the molecule is CCc1ccc(NC(=O)C(CC)Sc2ncnc3scc(-c4ccc(Br)cc4)c23)cc1. The van der Waals surface area contributed by atoms with Crippen molar-refractivity contribution in [2.75, 3.05) is 5.32 Å². The van der Waals surface area contributed by atoms with Gasteiger partial charge in [0.05, 0.1) is 10.6 Å². The lowest BCUT2D eigenvalue weighted by Crippen LogP contribution is -2.24. The molecule has 0 aliphatic rings. The molecule has 0 saturated carbocycles. The number of carbonyl (C=O) groups excluding carboxylic acids is 1. The number of carbonyl (C=O) groups is 1. The van der Waals surface area contributed by atoms with Gasteiger partial charge in [-0.05, 0) is 48.2 Å². The van der Waals surface area contributed by atoms with Crippen molar-refractivity contribution in [2.45, 2.75) is 37.0 Å². The summed E-state index contributed by atoms with van der Waals surface area (Å²) in [7, 11) is 0. The number of aromatic nitrogens is 2. The lowest BCUT2D eigenvalue weighted by molar-refractivity contribution is -0.115. The van der Waals surface area contributed by atoms with Crippen LogP contribution in [-0.2, 0) is 11.2 Å². The number of benzene rings is 2. The van der Waals surface area contributed by atoms with Gasteiger partial charge in [-0.15, -0.1) is 11.3 Å². The fraction of sp³-hybridized carbons (Fsp3) is 0.208. The number of amides is 1. The third kappa shape index (κ3) is 5.00. The molecule has 1 amide bonds. The normalized spacial score (nSPS) is 12.1. The Balaban J connectivity index is 1.60. The van der Waals surface area contributed by atoms with E-state index in [1.165, 1.54) is 17.3 Å². The summed E-state index contributed by atoms with van der Waals surface area (Å²) in [6.07, 6.45) is 3.26. The van der Waals surface area contributed by atoms with E-state index >= 15 is 0 Å². The molecule has 0 spiro atoms. The zero-order valence-electron chi connectivity index (χ0n) is 17.3. The molecule has 7 heteroatoms. The van der Waals surface area contributed by atoms with Crippen LogP contribution in [0.2, 0.25) is 0 Å². The van der Waals surface area contributed by atoms with Gasteiger partial charge in [0.2, 0.25) is 5.91 Å². The van der Waals surface area contributed by atoms with Gasteiger partial charge in [0.1, 0.15) is 16.2 Å². The molecular formula is C24H22BrN3OS2. The van der Waals surface area contributed by atoms with Crippen molar-refractivity contribution in [3.63, 3.8) is 0 Å². The highest BCUT2D eigenvalue weighted by Gasteiger charge is 2.22. The topological polar surface area (TPSA) is 54.9 Å². The van der Waals surface area contributed by atoms with E-state index in [0.717, 1.165) is 43.0 Å². The van der Waals surface area contributed by atoms with E-state index in [9.17, 15) is 4.79 Å². The molecule has 31 heavy (non-hydrogen) atoms. The molecule has 0 aliphatic heterocycles. The van der Waals surface area contributed by atoms with Crippen molar-refractivity contribution in [3.05, 3.63) is 70.3 Å². The number of fused-ring (bicyclic) bond motifs is 1. The number of aryl methyl sites for hydroxylation is 1. The molecule has 1 N–H and O–H groups in total. The van der Waals surface area contributed by atoms with Gasteiger partial charge >= 0.3 is 0 Å². The summed E-state index contributed by atoms with van der Waals surface area (Å²) in [4.78, 5) is 22.9. The minimum atomic E-state index is -0.249. The first kappa shape index (κ1) is 22.0. The number of nitrogens with zero attached hydrogens (tertiary/aromatic N) is 2. The number of halogens is 1. The summed E-state index contributed by atoms with van der Waals surface area (Å²) in [6, 6.07) is 16.2. The quantitative estimate of drug-likeness (QED) is 0.210. The molecule has 4 nitrogen and oxygen atoms in total. The van der Waals surface area contributed by atoms with Crippen molar-refractivity contribution in [3.8, 4) is 11.1 Å². The average molecular weight is 512 g/mol. The van der Waals surface area contributed by atoms with Crippen LogP contribution in [0, 0.1) is 0 Å². The maximum atomic E-state index is 13.0. The first-order chi connectivity index (χ1) is 15.1. The van der Waals surface area contributed by atoms with Crippen LogP contribution in [0.3, 0.4) is 0 Å². The molecule has 2 aromatic heterocycles. The van der Waals surface area contributed by atoms with Gasteiger partial charge in [-0.1, -0.05) is 65.8 Å². The summed E-state index contributed by atoms with van der Waals surface area (Å²) < 4.78 is 1.04. The first-order valence-corrected chi connectivity index (χ1v) is 12.7. The lowest BCUT2D eigenvalue weighted by atomic mass is 10.1. The molecule has 2 aromatic carbocycles. The number of anilines is 1. The van der Waals surface area contributed by atoms with Crippen molar-refractivity contribution < 1.29 is 4.79 Å². The molecule has 1 atom stereocenters. The molecule has 4 rings (SSSR count). The Morgan fingerprint density at radius 3 is 2.52 bits per heavy atom. The Hall–Kier alpha value is -2.22. The van der Waals surface area contributed by atoms with Crippen molar-refractivity contribution in [1.29, 1.82) is 0 Å². The van der Waals surface area contributed by atoms with E-state index < -0.39 is 0 Å². The van der Waals surface area contributed by atoms with Crippen LogP contribution in [0.4, 0.5) is 5.69 Å². The molecule has 0 bridgehead atoms. The Morgan fingerprint density at radius 2 is 1.84 bits per heavy atom. The summed E-state index contributed by atoms with van der Waals surface area (Å²) in [6.45, 7) is 4.14. The summed E-state index contributed by atoms with van der Waals surface area (Å²) >= 11 is 6.60. The minimum absolute atomic E-state index is 0.0102. The van der Waals surface area contributed by atoms with Gasteiger partial charge in [0, 0.05) is 21.1 Å². The highest BCUT2D eigenvalue weighted by atomic mass is 79.9. The maximum absolute atomic E-state index is 13.0. The summed E-state index contributed by atoms with van der Waals surface area (Å²) in [5.41, 5.74) is 4.28. The van der Waals surface area contributed by atoms with Crippen LogP contribution >= 0.6 is 39.0 Å². The number of thiophene rings is 1. The van der Waals surface area contributed by atoms with E-state index in [0.29, 0.717) is 6.42 Å². The average Bonchev–Trinajstić information content (AvgIpc) is 3.23. The van der Waals surface area contributed by atoms with Gasteiger partial charge < -0.3 is 5.32 Å². The number of thioether (sulfide) groups is 1. The third-order valence-corrected chi connectivity index (χ3v) is 7.82. The Labute approximate surface area is 198 Å². The summed E-state index contributed by atoms with van der Waals surface area (Å²) in [5, 5.41) is 6.77. The van der Waals surface area contributed by atoms with Crippen LogP contribution in [0.5, 0.6) is 0 Å². The molecule has 4 aromatic rings. The van der Waals surface area contributed by atoms with Gasteiger partial charge in [-0.3, -0.25) is 4.79 Å². The van der Waals surface area contributed by atoms with E-state index in [2.05, 4.69) is 55.7 Å². The maximum Gasteiger partial charge on any atom is 0.237 e. The molecule has 2 heterocycles. The van der Waals surface area contributed by atoms with E-state index in [1.807, 2.05) is 43.3 Å². The van der Waals surface area contributed by atoms with E-state index in [1.54, 1.807) is 17.7 Å². The highest BCUT2D eigenvalue weighted by Crippen LogP contribution is 2.39. The van der Waals surface area contributed by atoms with E-state index in [-0.39, 0.29) is 11.2 Å². The van der Waals surface area contributed by atoms with Crippen molar-refractivity contribution >= 4 is 60.8 Å². The highest BCUT2D eigenvalue weighted by molar-refractivity contribution is 9.10. The largest absolute Gasteiger partial charge is 0.325 e. The molecule has 0 aliphatic carbocycles. The second-order valence-electron chi connectivity index (χ2n) is 7.07. The summed E-state index contributed by atoms with van der Waals surface area (Å²) in [5.74, 6) is -0.0102. The molecule has 0 fully saturated rings. The molecule has 158 valence electrons. The van der Waals surface area contributed by atoms with Crippen molar-refractivity contribution in [1.82, 2.24) is 9.97 Å². The Morgan fingerprint density at radius 1 is 1.10 bits per heavy atom. The predicted octanol–water partition coefficient (Wildman–Crippen LogP) is 7.19. The van der Waals surface area contributed by atoms with Crippen LogP contribution in [0.15, 0.2) is 69.7 Å². The smallest absolute Gasteiger partial charge is 0.237 e. The van der Waals surface area contributed by atoms with Gasteiger partial charge in [-0.25, -0.2) is 9.97 Å². The standard InChI is InChI=1S/C24H22BrN3OS2/c1-3-15-5-11-18(12-6-15)28-22(29)20(4-2)31-24-21-19(13-30-23(21)26-14-27-24)16-7-9-17(25)10-8-16/h5-14,20H,3-4H2,1-2H3,(H,28,29). The first-order valence-electron chi connectivity index (χ1n) is 10.1. The molecule has 0 radical (unpaired) electrons. The Bertz CT molecular complexity index is 1190. The van der Waals surface area contributed by atoms with Crippen LogP contribution in [-0.4, -0.2) is 21.1 Å². The van der Waals surface area contributed by atoms with E-state index in [4.69, 9.17) is 0 Å². The van der Waals surface area contributed by atoms with Gasteiger partial charge in [0.25, 0.3) is 0 Å². The second-order valence-corrected chi connectivity index (χ2v) is 10.0. The van der Waals surface area contributed by atoms with Gasteiger partial charge in [-0.2, -0.15) is 0 Å². The predicted molar refractivity (Wildman–Crippen MR) is 135 cm³/mol. The third-order valence-electron chi connectivity index (χ3n) is 5.04. The fourth-order valence-corrected chi connectivity index (χ4v) is 5.56.